The van der Waals surface area contributed by atoms with Crippen molar-refractivity contribution >= 4 is 79.7 Å². The van der Waals surface area contributed by atoms with Crippen molar-refractivity contribution in [2.24, 2.45) is 11.8 Å². The van der Waals surface area contributed by atoms with Gasteiger partial charge in [0.1, 0.15) is 11.6 Å². The Kier molecular flexibility index (Phi) is 14.5. The summed E-state index contributed by atoms with van der Waals surface area (Å²) in [5.41, 5.74) is 4.18. The molecule has 18 heteroatoms. The van der Waals surface area contributed by atoms with Gasteiger partial charge in [-0.15, -0.1) is 0 Å². The molecule has 2 aromatic heterocycles. The summed E-state index contributed by atoms with van der Waals surface area (Å²) in [5.74, 6) is 1.59. The number of carbonyl (C=O) groups is 4. The predicted octanol–water partition coefficient (Wildman–Crippen LogP) is 7.65. The molecule has 4 aromatic rings. The number of nitrogens with zero attached hydrogens (tertiary/aromatic N) is 6. The summed E-state index contributed by atoms with van der Waals surface area (Å²) in [5, 5.41) is 11.9. The van der Waals surface area contributed by atoms with Crippen LogP contribution >= 0.6 is 23.1 Å². The number of aryl methyl sites for hydroxylation is 2. The summed E-state index contributed by atoms with van der Waals surface area (Å²) in [6, 6.07) is 10.5. The number of anilines is 6. The Morgan fingerprint density at radius 1 is 0.644 bits per heavy atom. The zero-order valence-electron chi connectivity index (χ0n) is 33.6. The lowest BCUT2D eigenvalue weighted by Gasteiger charge is -2.29. The highest BCUT2D eigenvalue weighted by molar-refractivity contribution is 7.10. The van der Waals surface area contributed by atoms with E-state index < -0.39 is 12.1 Å². The fraction of sp³-hybridized carbons (Fsp3) is 0.512. The van der Waals surface area contributed by atoms with Crippen molar-refractivity contribution in [3.05, 3.63) is 59.2 Å². The third-order valence-corrected chi connectivity index (χ3v) is 12.4. The highest BCUT2D eigenvalue weighted by atomic mass is 32.1. The molecule has 0 spiro atoms. The average Bonchev–Trinajstić information content (AvgIpc) is 4.12. The van der Waals surface area contributed by atoms with Crippen LogP contribution in [0.4, 0.5) is 42.6 Å². The lowest BCUT2D eigenvalue weighted by atomic mass is 9.94. The quantitative estimate of drug-likeness (QED) is 0.108. The number of morpholine rings is 2. The fourth-order valence-electron chi connectivity index (χ4n) is 7.84. The largest absolute Gasteiger partial charge is 0.378 e. The summed E-state index contributed by atoms with van der Waals surface area (Å²) in [6.07, 6.45) is 8.70. The number of amides is 4. The number of Topliss-reactive ketones (excluding diaryl/α,β-unsaturated/α-hetero) is 2. The number of ether oxygens (including phenoxy) is 2. The second-order valence-electron chi connectivity index (χ2n) is 15.0. The molecule has 0 atom stereocenters. The van der Waals surface area contributed by atoms with Gasteiger partial charge in [-0.3, -0.25) is 20.2 Å². The van der Waals surface area contributed by atoms with Crippen LogP contribution in [0.15, 0.2) is 36.4 Å². The van der Waals surface area contributed by atoms with Crippen LogP contribution in [-0.4, -0.2) is 95.0 Å². The molecular weight excluding hydrogens is 793 g/mol. The van der Waals surface area contributed by atoms with E-state index in [0.29, 0.717) is 77.3 Å². The monoisotopic (exact) mass is 844 g/mol. The van der Waals surface area contributed by atoms with Crippen LogP contribution in [0.3, 0.4) is 0 Å². The van der Waals surface area contributed by atoms with Gasteiger partial charge in [0.2, 0.25) is 10.3 Å². The summed E-state index contributed by atoms with van der Waals surface area (Å²) in [7, 11) is 0. The second-order valence-corrected chi connectivity index (χ2v) is 16.5. The van der Waals surface area contributed by atoms with Crippen molar-refractivity contribution < 1.29 is 28.7 Å². The Bertz CT molecular complexity index is 2090. The molecule has 2 aliphatic heterocycles. The van der Waals surface area contributed by atoms with E-state index in [1.807, 2.05) is 43.3 Å². The molecule has 4 aliphatic rings. The Hall–Kier alpha value is -5.04. The molecular formula is C41H52N10O6S2. The van der Waals surface area contributed by atoms with Gasteiger partial charge in [0.05, 0.1) is 37.8 Å². The Morgan fingerprint density at radius 2 is 1.08 bits per heavy atom. The third-order valence-electron chi connectivity index (χ3n) is 11.0. The molecule has 8 rings (SSSR count). The van der Waals surface area contributed by atoms with Gasteiger partial charge in [0.25, 0.3) is 0 Å². The molecule has 4 fully saturated rings. The lowest BCUT2D eigenvalue weighted by Crippen LogP contribution is -2.36. The van der Waals surface area contributed by atoms with E-state index in [2.05, 4.69) is 49.8 Å². The van der Waals surface area contributed by atoms with E-state index in [-0.39, 0.29) is 23.4 Å². The van der Waals surface area contributed by atoms with Crippen molar-refractivity contribution in [2.75, 3.05) is 83.7 Å². The molecule has 2 saturated heterocycles. The minimum Gasteiger partial charge on any atom is -0.378 e. The first-order chi connectivity index (χ1) is 28.7. The van der Waals surface area contributed by atoms with Gasteiger partial charge in [-0.05, 0) is 69.0 Å². The molecule has 4 amide bonds. The van der Waals surface area contributed by atoms with Crippen LogP contribution in [0, 0.1) is 18.8 Å². The molecule has 2 aliphatic carbocycles. The highest BCUT2D eigenvalue weighted by Crippen LogP contribution is 2.34. The van der Waals surface area contributed by atoms with Gasteiger partial charge < -0.3 is 29.9 Å². The zero-order valence-corrected chi connectivity index (χ0v) is 35.2. The predicted molar refractivity (Wildman–Crippen MR) is 231 cm³/mol. The van der Waals surface area contributed by atoms with Gasteiger partial charge >= 0.3 is 12.1 Å². The van der Waals surface area contributed by atoms with E-state index in [4.69, 9.17) is 9.47 Å². The summed E-state index contributed by atoms with van der Waals surface area (Å²) in [6.45, 7) is 9.60. The number of ketones is 2. The highest BCUT2D eigenvalue weighted by Gasteiger charge is 2.29. The van der Waals surface area contributed by atoms with Crippen molar-refractivity contribution in [2.45, 2.75) is 71.6 Å². The van der Waals surface area contributed by atoms with Crippen molar-refractivity contribution in [3.63, 3.8) is 0 Å². The molecule has 2 aromatic carbocycles. The summed E-state index contributed by atoms with van der Waals surface area (Å²) in [4.78, 5) is 64.3. The van der Waals surface area contributed by atoms with Crippen LogP contribution in [-0.2, 0) is 15.9 Å². The van der Waals surface area contributed by atoms with E-state index in [1.54, 1.807) is 6.92 Å². The topological polar surface area (TPSA) is 193 Å². The molecule has 0 radical (unpaired) electrons. The molecule has 4 heterocycles. The smallest absolute Gasteiger partial charge is 0.325 e. The molecule has 2 saturated carbocycles. The maximum absolute atomic E-state index is 13.2. The third kappa shape index (κ3) is 11.2. The second kappa shape index (κ2) is 20.3. The number of hydrogen-bond acceptors (Lipinski definition) is 14. The van der Waals surface area contributed by atoms with E-state index in [0.717, 1.165) is 112 Å². The van der Waals surface area contributed by atoms with Gasteiger partial charge in [0, 0.05) is 90.0 Å². The molecule has 0 bridgehead atoms. The fourth-order valence-corrected chi connectivity index (χ4v) is 9.06. The number of urea groups is 2. The summed E-state index contributed by atoms with van der Waals surface area (Å²) >= 11 is 2.27. The first-order valence-corrected chi connectivity index (χ1v) is 22.1. The van der Waals surface area contributed by atoms with Gasteiger partial charge in [-0.2, -0.15) is 8.75 Å². The van der Waals surface area contributed by atoms with Crippen molar-refractivity contribution in [1.29, 1.82) is 0 Å². The Morgan fingerprint density at radius 3 is 1.49 bits per heavy atom. The number of carbonyl (C=O) groups excluding carboxylic acids is 4. The SMILES string of the molecule is CCc1nsc(NC(=O)Nc2ccc(N3CCOCC3)cc2C(=O)C2CCCC2)n1.Cc1nsc(NC(=O)Nc2ccc(N3CCOCC3)cc2C(=O)C2CCCC2)n1. The standard InChI is InChI=1S/C21H27N5O3S.C20H25N5O3S/c1-2-18-23-21(30-25-18)24-20(28)22-17-8-7-15(26-9-11-29-12-10-26)13-16(17)19(27)14-5-3-4-6-14;1-13-21-20(29-24-13)23-19(27)22-17-7-6-15(25-8-10-28-11-9-25)12-16(17)18(26)14-4-2-3-5-14/h7-8,13-14H,2-6,9-12H2,1H3,(H2,22,23,24,25,28);6-7,12,14H,2-5,8-11H2,1H3,(H2,21,22,23,24,27). The van der Waals surface area contributed by atoms with Crippen LogP contribution in [0.2, 0.25) is 0 Å². The molecule has 16 nitrogen and oxygen atoms in total. The van der Waals surface area contributed by atoms with Crippen molar-refractivity contribution in [1.82, 2.24) is 18.7 Å². The maximum Gasteiger partial charge on any atom is 0.325 e. The number of nitrogens with one attached hydrogen (secondary N) is 4. The van der Waals surface area contributed by atoms with Crippen LogP contribution in [0.5, 0.6) is 0 Å². The number of hydrogen-bond donors (Lipinski definition) is 4. The number of benzene rings is 2. The average molecular weight is 845 g/mol. The van der Waals surface area contributed by atoms with Crippen LogP contribution in [0.1, 0.15) is 90.7 Å². The first kappa shape index (κ1) is 42.1. The minimum atomic E-state index is -0.430. The van der Waals surface area contributed by atoms with Gasteiger partial charge in [-0.25, -0.2) is 19.6 Å². The van der Waals surface area contributed by atoms with Gasteiger partial charge in [-0.1, -0.05) is 32.6 Å². The molecule has 4 N–H and O–H groups in total. The van der Waals surface area contributed by atoms with E-state index >= 15 is 0 Å². The number of rotatable bonds is 11. The Labute approximate surface area is 352 Å². The molecule has 0 unspecified atom stereocenters. The minimum absolute atomic E-state index is 0.0313. The number of aromatic nitrogens is 4. The zero-order chi connectivity index (χ0) is 41.1. The van der Waals surface area contributed by atoms with Crippen LogP contribution < -0.4 is 31.1 Å². The normalized spacial score (nSPS) is 17.3. The lowest BCUT2D eigenvalue weighted by molar-refractivity contribution is 0.0916. The van der Waals surface area contributed by atoms with Crippen LogP contribution in [0.25, 0.3) is 0 Å². The maximum atomic E-state index is 13.2. The first-order valence-electron chi connectivity index (χ1n) is 20.5. The van der Waals surface area contributed by atoms with E-state index in [9.17, 15) is 19.2 Å². The summed E-state index contributed by atoms with van der Waals surface area (Å²) < 4.78 is 19.1. The molecule has 59 heavy (non-hydrogen) atoms. The van der Waals surface area contributed by atoms with Crippen molar-refractivity contribution in [3.8, 4) is 0 Å². The molecule has 314 valence electrons. The Balaban J connectivity index is 0.000000179. The van der Waals surface area contributed by atoms with Gasteiger partial charge in [0.15, 0.2) is 11.6 Å². The van der Waals surface area contributed by atoms with E-state index in [1.165, 1.54) is 0 Å².